The largest absolute Gasteiger partial charge is 0.444 e. The Bertz CT molecular complexity index is 871. The van der Waals surface area contributed by atoms with Crippen LogP contribution in [0.1, 0.15) is 49.5 Å². The Morgan fingerprint density at radius 3 is 2.79 bits per heavy atom. The van der Waals surface area contributed by atoms with Gasteiger partial charge in [0.1, 0.15) is 17.9 Å². The second kappa shape index (κ2) is 7.58. The molecule has 3 rings (SSSR count). The summed E-state index contributed by atoms with van der Waals surface area (Å²) < 4.78 is 25.3. The van der Waals surface area contributed by atoms with Crippen LogP contribution in [-0.4, -0.2) is 50.2 Å². The number of anilines is 1. The minimum Gasteiger partial charge on any atom is -0.444 e. The summed E-state index contributed by atoms with van der Waals surface area (Å²) in [5.41, 5.74) is 0.315. The SMILES string of the molecule is Cn1nc(F)cc1C(=O)Nc1cc(C2CC(OC(=O)NC(C)(C)C)CO2)[nH]n1. The highest BCUT2D eigenvalue weighted by molar-refractivity contribution is 6.02. The fraction of sp³-hybridized carbons (Fsp3) is 0.529. The molecule has 0 radical (unpaired) electrons. The summed E-state index contributed by atoms with van der Waals surface area (Å²) in [4.78, 5) is 24.0. The number of hydrogen-bond donors (Lipinski definition) is 3. The molecule has 2 amide bonds. The molecule has 2 aromatic heterocycles. The van der Waals surface area contributed by atoms with Crippen LogP contribution in [0.3, 0.4) is 0 Å². The van der Waals surface area contributed by atoms with Crippen LogP contribution in [0.2, 0.25) is 0 Å². The van der Waals surface area contributed by atoms with Crippen LogP contribution in [0.4, 0.5) is 15.0 Å². The summed E-state index contributed by atoms with van der Waals surface area (Å²) in [5.74, 6) is -1.01. The molecular weight excluding hydrogens is 371 g/mol. The summed E-state index contributed by atoms with van der Waals surface area (Å²) >= 11 is 0. The van der Waals surface area contributed by atoms with Crippen molar-refractivity contribution in [3.05, 3.63) is 29.5 Å². The number of rotatable bonds is 4. The number of amides is 2. The van der Waals surface area contributed by atoms with Gasteiger partial charge in [-0.15, -0.1) is 5.10 Å². The van der Waals surface area contributed by atoms with Crippen molar-refractivity contribution in [3.63, 3.8) is 0 Å². The maximum atomic E-state index is 13.1. The van der Waals surface area contributed by atoms with E-state index in [1.807, 2.05) is 20.8 Å². The Balaban J connectivity index is 1.55. The van der Waals surface area contributed by atoms with E-state index in [1.165, 1.54) is 7.05 Å². The summed E-state index contributed by atoms with van der Waals surface area (Å²) in [6, 6.07) is 2.65. The van der Waals surface area contributed by atoms with Gasteiger partial charge in [0.15, 0.2) is 5.82 Å². The van der Waals surface area contributed by atoms with E-state index in [1.54, 1.807) is 6.07 Å². The van der Waals surface area contributed by atoms with E-state index in [0.717, 1.165) is 10.7 Å². The molecule has 0 spiro atoms. The number of nitrogens with one attached hydrogen (secondary N) is 3. The molecule has 28 heavy (non-hydrogen) atoms. The number of halogens is 1. The van der Waals surface area contributed by atoms with Crippen LogP contribution in [0, 0.1) is 5.95 Å². The predicted octanol–water partition coefficient (Wildman–Crippen LogP) is 1.89. The average Bonchev–Trinajstić information content (AvgIpc) is 3.26. The molecule has 0 saturated carbocycles. The van der Waals surface area contributed by atoms with Gasteiger partial charge >= 0.3 is 6.09 Å². The molecule has 3 heterocycles. The van der Waals surface area contributed by atoms with Crippen LogP contribution in [-0.2, 0) is 16.5 Å². The minimum absolute atomic E-state index is 0.0671. The smallest absolute Gasteiger partial charge is 0.407 e. The van der Waals surface area contributed by atoms with Gasteiger partial charge in [0.05, 0.1) is 12.3 Å². The number of ether oxygens (including phenoxy) is 2. The quantitative estimate of drug-likeness (QED) is 0.728. The molecule has 1 aliphatic rings. The molecule has 2 atom stereocenters. The van der Waals surface area contributed by atoms with Crippen molar-refractivity contribution in [1.82, 2.24) is 25.3 Å². The molecule has 0 aliphatic carbocycles. The van der Waals surface area contributed by atoms with Gasteiger partial charge in [-0.3, -0.25) is 14.6 Å². The number of aryl methyl sites for hydroxylation is 1. The van der Waals surface area contributed by atoms with Crippen LogP contribution in [0.15, 0.2) is 12.1 Å². The van der Waals surface area contributed by atoms with E-state index in [9.17, 15) is 14.0 Å². The predicted molar refractivity (Wildman–Crippen MR) is 96.2 cm³/mol. The van der Waals surface area contributed by atoms with Crippen molar-refractivity contribution in [2.24, 2.45) is 7.05 Å². The van der Waals surface area contributed by atoms with Gasteiger partial charge in [-0.2, -0.15) is 9.49 Å². The number of nitrogens with zero attached hydrogens (tertiary/aromatic N) is 3. The Morgan fingerprint density at radius 2 is 2.14 bits per heavy atom. The summed E-state index contributed by atoms with van der Waals surface area (Å²) in [6.07, 6.45) is -0.770. The topological polar surface area (TPSA) is 123 Å². The minimum atomic E-state index is -0.740. The number of hydrogen-bond acceptors (Lipinski definition) is 6. The normalized spacial score (nSPS) is 19.5. The number of aromatic nitrogens is 4. The Hall–Kier alpha value is -2.95. The highest BCUT2D eigenvalue weighted by Crippen LogP contribution is 2.30. The highest BCUT2D eigenvalue weighted by Gasteiger charge is 2.31. The highest BCUT2D eigenvalue weighted by atomic mass is 19.1. The molecule has 3 N–H and O–H groups in total. The van der Waals surface area contributed by atoms with E-state index in [-0.39, 0.29) is 35.9 Å². The lowest BCUT2D eigenvalue weighted by Crippen LogP contribution is -2.42. The van der Waals surface area contributed by atoms with Gasteiger partial charge in [0, 0.05) is 31.1 Å². The first kappa shape index (κ1) is 19.8. The van der Waals surface area contributed by atoms with Crippen molar-refractivity contribution in [3.8, 4) is 0 Å². The first-order chi connectivity index (χ1) is 13.1. The van der Waals surface area contributed by atoms with Gasteiger partial charge in [-0.1, -0.05) is 0 Å². The maximum Gasteiger partial charge on any atom is 0.407 e. The Kier molecular flexibility index (Phi) is 5.36. The molecule has 2 unspecified atom stereocenters. The lowest BCUT2D eigenvalue weighted by atomic mass is 10.1. The maximum absolute atomic E-state index is 13.1. The second-order valence-electron chi connectivity index (χ2n) is 7.60. The van der Waals surface area contributed by atoms with Gasteiger partial charge in [-0.25, -0.2) is 4.79 Å². The number of carbonyl (C=O) groups excluding carboxylic acids is 2. The van der Waals surface area contributed by atoms with Gasteiger partial charge in [0.2, 0.25) is 5.95 Å². The third-order valence-electron chi connectivity index (χ3n) is 3.98. The van der Waals surface area contributed by atoms with Crippen molar-refractivity contribution in [1.29, 1.82) is 0 Å². The molecular formula is C17H23FN6O4. The van der Waals surface area contributed by atoms with Gasteiger partial charge in [-0.05, 0) is 20.8 Å². The zero-order chi connectivity index (χ0) is 20.5. The molecule has 11 heteroatoms. The monoisotopic (exact) mass is 394 g/mol. The molecule has 0 aromatic carbocycles. The summed E-state index contributed by atoms with van der Waals surface area (Å²) in [5, 5.41) is 15.6. The van der Waals surface area contributed by atoms with E-state index in [2.05, 4.69) is 25.9 Å². The third-order valence-corrected chi connectivity index (χ3v) is 3.98. The average molecular weight is 394 g/mol. The fourth-order valence-corrected chi connectivity index (χ4v) is 2.77. The Labute approximate surface area is 160 Å². The molecule has 1 fully saturated rings. The number of H-pyrrole nitrogens is 1. The van der Waals surface area contributed by atoms with Gasteiger partial charge in [0.25, 0.3) is 5.91 Å². The lowest BCUT2D eigenvalue weighted by molar-refractivity contribution is 0.0661. The first-order valence-electron chi connectivity index (χ1n) is 8.77. The van der Waals surface area contributed by atoms with Crippen molar-refractivity contribution >= 4 is 17.8 Å². The van der Waals surface area contributed by atoms with Crippen molar-refractivity contribution in [2.45, 2.75) is 44.9 Å². The lowest BCUT2D eigenvalue weighted by Gasteiger charge is -2.21. The second-order valence-corrected chi connectivity index (χ2v) is 7.60. The van der Waals surface area contributed by atoms with Crippen molar-refractivity contribution in [2.75, 3.05) is 11.9 Å². The summed E-state index contributed by atoms with van der Waals surface area (Å²) in [6.45, 7) is 5.85. The van der Waals surface area contributed by atoms with E-state index < -0.39 is 17.9 Å². The van der Waals surface area contributed by atoms with Gasteiger partial charge < -0.3 is 20.1 Å². The fourth-order valence-electron chi connectivity index (χ4n) is 2.77. The van der Waals surface area contributed by atoms with Crippen LogP contribution < -0.4 is 10.6 Å². The van der Waals surface area contributed by atoms with Crippen LogP contribution >= 0.6 is 0 Å². The molecule has 10 nitrogen and oxygen atoms in total. The third kappa shape index (κ3) is 4.85. The zero-order valence-electron chi connectivity index (χ0n) is 16.1. The number of alkyl carbamates (subject to hydrolysis) is 1. The number of aromatic amines is 1. The van der Waals surface area contributed by atoms with E-state index in [0.29, 0.717) is 12.1 Å². The number of carbonyl (C=O) groups is 2. The molecule has 1 saturated heterocycles. The Morgan fingerprint density at radius 1 is 1.39 bits per heavy atom. The zero-order valence-corrected chi connectivity index (χ0v) is 16.1. The molecule has 152 valence electrons. The van der Waals surface area contributed by atoms with Crippen LogP contribution in [0.25, 0.3) is 0 Å². The summed E-state index contributed by atoms with van der Waals surface area (Å²) in [7, 11) is 1.47. The molecule has 2 aromatic rings. The van der Waals surface area contributed by atoms with E-state index >= 15 is 0 Å². The van der Waals surface area contributed by atoms with Crippen molar-refractivity contribution < 1.29 is 23.5 Å². The van der Waals surface area contributed by atoms with Crippen LogP contribution in [0.5, 0.6) is 0 Å². The molecule has 0 bridgehead atoms. The standard InChI is InChI=1S/C17H23FN6O4/c1-17(2,3)20-16(26)28-9-5-12(27-8-9)10-6-14(22-21-10)19-15(25)11-7-13(18)23-24(11)4/h6-7,9,12H,5,8H2,1-4H3,(H,20,26)(H2,19,21,22,25). The molecule has 1 aliphatic heterocycles. The first-order valence-corrected chi connectivity index (χ1v) is 8.77. The van der Waals surface area contributed by atoms with E-state index in [4.69, 9.17) is 9.47 Å².